The van der Waals surface area contributed by atoms with E-state index in [1.54, 1.807) is 18.2 Å². The van der Waals surface area contributed by atoms with Crippen LogP contribution in [0.3, 0.4) is 0 Å². The molecule has 2 aromatic carbocycles. The first kappa shape index (κ1) is 15.5. The van der Waals surface area contributed by atoms with E-state index >= 15 is 0 Å². The molecule has 0 spiro atoms. The Morgan fingerprint density at radius 2 is 1.71 bits per heavy atom. The van der Waals surface area contributed by atoms with Crippen LogP contribution >= 0.6 is 0 Å². The molecule has 0 aromatic heterocycles. The third-order valence-electron chi connectivity index (χ3n) is 3.60. The lowest BCUT2D eigenvalue weighted by Crippen LogP contribution is -2.28. The van der Waals surface area contributed by atoms with E-state index in [0.717, 1.165) is 18.5 Å². The number of aliphatic hydroxyl groups is 1. The number of rotatable bonds is 6. The summed E-state index contributed by atoms with van der Waals surface area (Å²) in [6.45, 7) is 0.783. The summed E-state index contributed by atoms with van der Waals surface area (Å²) in [4.78, 5) is 2.08. The molecule has 0 radical (unpaired) electrons. The van der Waals surface area contributed by atoms with Gasteiger partial charge in [-0.25, -0.2) is 0 Å². The molecule has 0 aliphatic heterocycles. The van der Waals surface area contributed by atoms with Crippen LogP contribution in [-0.2, 0) is 6.42 Å². The van der Waals surface area contributed by atoms with Gasteiger partial charge in [0.05, 0.1) is 6.10 Å². The van der Waals surface area contributed by atoms with Crippen molar-refractivity contribution in [1.29, 1.82) is 0 Å². The lowest BCUT2D eigenvalue weighted by molar-refractivity contribution is 0.0900. The van der Waals surface area contributed by atoms with Gasteiger partial charge in [0, 0.05) is 12.5 Å². The zero-order valence-electron chi connectivity index (χ0n) is 12.6. The topological polar surface area (TPSA) is 43.7 Å². The first-order valence-electron chi connectivity index (χ1n) is 7.22. The Kier molecular flexibility index (Phi) is 5.37. The summed E-state index contributed by atoms with van der Waals surface area (Å²) in [6, 6.07) is 17.1. The van der Waals surface area contributed by atoms with E-state index in [1.807, 2.05) is 38.4 Å². The van der Waals surface area contributed by atoms with Gasteiger partial charge in [-0.05, 0) is 43.8 Å². The van der Waals surface area contributed by atoms with Crippen LogP contribution in [0.25, 0.3) is 0 Å². The minimum Gasteiger partial charge on any atom is -0.508 e. The Balaban J connectivity index is 2.18. The van der Waals surface area contributed by atoms with Crippen molar-refractivity contribution in [2.45, 2.75) is 12.5 Å². The molecule has 21 heavy (non-hydrogen) atoms. The van der Waals surface area contributed by atoms with E-state index < -0.39 is 6.10 Å². The summed E-state index contributed by atoms with van der Waals surface area (Å²) in [6.07, 6.45) is 0.204. The summed E-state index contributed by atoms with van der Waals surface area (Å²) >= 11 is 0. The maximum Gasteiger partial charge on any atom is 0.115 e. The fourth-order valence-electron chi connectivity index (χ4n) is 2.64. The molecule has 3 nitrogen and oxygen atoms in total. The maximum atomic E-state index is 10.7. The van der Waals surface area contributed by atoms with E-state index in [9.17, 15) is 10.2 Å². The van der Waals surface area contributed by atoms with Gasteiger partial charge in [-0.2, -0.15) is 0 Å². The highest BCUT2D eigenvalue weighted by Crippen LogP contribution is 2.27. The SMILES string of the molecule is CN(C)CC(Cc1ccccc1)C(O)c1cccc(O)c1. The molecular formula is C18H23NO2. The number of phenolic OH excluding ortho intramolecular Hbond substituents is 1. The Hall–Kier alpha value is -1.84. The van der Waals surface area contributed by atoms with E-state index in [2.05, 4.69) is 17.0 Å². The van der Waals surface area contributed by atoms with Crippen LogP contribution in [0.4, 0.5) is 0 Å². The number of aromatic hydroxyl groups is 1. The average Bonchev–Trinajstić information content (AvgIpc) is 2.46. The molecule has 0 amide bonds. The fraction of sp³-hybridized carbons (Fsp3) is 0.333. The van der Waals surface area contributed by atoms with Crippen molar-refractivity contribution in [3.8, 4) is 5.75 Å². The minimum atomic E-state index is -0.597. The van der Waals surface area contributed by atoms with Gasteiger partial charge < -0.3 is 15.1 Å². The second-order valence-corrected chi connectivity index (χ2v) is 5.75. The van der Waals surface area contributed by atoms with Crippen LogP contribution in [0.1, 0.15) is 17.2 Å². The molecule has 112 valence electrons. The second kappa shape index (κ2) is 7.25. The molecule has 0 saturated carbocycles. The highest BCUT2D eigenvalue weighted by atomic mass is 16.3. The zero-order valence-corrected chi connectivity index (χ0v) is 12.6. The van der Waals surface area contributed by atoms with E-state index in [-0.39, 0.29) is 11.7 Å². The molecule has 3 heteroatoms. The van der Waals surface area contributed by atoms with Crippen molar-refractivity contribution in [1.82, 2.24) is 4.90 Å². The van der Waals surface area contributed by atoms with Crippen LogP contribution in [0.2, 0.25) is 0 Å². The Bertz CT molecular complexity index is 554. The molecule has 0 bridgehead atoms. The number of phenols is 1. The minimum absolute atomic E-state index is 0.0733. The van der Waals surface area contributed by atoms with Crippen LogP contribution in [0.5, 0.6) is 5.75 Å². The van der Waals surface area contributed by atoms with Crippen LogP contribution in [0, 0.1) is 5.92 Å². The van der Waals surface area contributed by atoms with Crippen molar-refractivity contribution >= 4 is 0 Å². The Morgan fingerprint density at radius 3 is 2.33 bits per heavy atom. The monoisotopic (exact) mass is 285 g/mol. The first-order chi connectivity index (χ1) is 10.1. The van der Waals surface area contributed by atoms with Crippen molar-refractivity contribution in [2.75, 3.05) is 20.6 Å². The van der Waals surface area contributed by atoms with Crippen LogP contribution < -0.4 is 0 Å². The van der Waals surface area contributed by atoms with Gasteiger partial charge in [-0.1, -0.05) is 42.5 Å². The third kappa shape index (κ3) is 4.59. The molecule has 2 unspecified atom stereocenters. The Morgan fingerprint density at radius 1 is 1.00 bits per heavy atom. The molecule has 0 saturated heterocycles. The molecule has 2 aromatic rings. The van der Waals surface area contributed by atoms with Gasteiger partial charge in [0.15, 0.2) is 0 Å². The van der Waals surface area contributed by atoms with Gasteiger partial charge in [0.2, 0.25) is 0 Å². The largest absolute Gasteiger partial charge is 0.508 e. The molecule has 0 heterocycles. The molecular weight excluding hydrogens is 262 g/mol. The zero-order chi connectivity index (χ0) is 15.2. The van der Waals surface area contributed by atoms with E-state index in [0.29, 0.717) is 0 Å². The number of hydrogen-bond donors (Lipinski definition) is 2. The summed E-state index contributed by atoms with van der Waals surface area (Å²) in [5, 5.41) is 20.3. The summed E-state index contributed by atoms with van der Waals surface area (Å²) in [5.74, 6) is 0.263. The second-order valence-electron chi connectivity index (χ2n) is 5.75. The molecule has 2 rings (SSSR count). The van der Waals surface area contributed by atoms with Crippen molar-refractivity contribution in [2.24, 2.45) is 5.92 Å². The molecule has 2 atom stereocenters. The first-order valence-corrected chi connectivity index (χ1v) is 7.22. The van der Waals surface area contributed by atoms with E-state index in [4.69, 9.17) is 0 Å². The molecule has 0 fully saturated rings. The highest BCUT2D eigenvalue weighted by molar-refractivity contribution is 5.29. The molecule has 2 N–H and O–H groups in total. The summed E-state index contributed by atoms with van der Waals surface area (Å²) < 4.78 is 0. The van der Waals surface area contributed by atoms with Crippen LogP contribution in [-0.4, -0.2) is 35.8 Å². The predicted molar refractivity (Wildman–Crippen MR) is 85.3 cm³/mol. The number of hydrogen-bond acceptors (Lipinski definition) is 3. The van der Waals surface area contributed by atoms with Crippen LogP contribution in [0.15, 0.2) is 54.6 Å². The van der Waals surface area contributed by atoms with Gasteiger partial charge in [-0.15, -0.1) is 0 Å². The van der Waals surface area contributed by atoms with Gasteiger partial charge >= 0.3 is 0 Å². The Labute approximate surface area is 126 Å². The number of nitrogens with zero attached hydrogens (tertiary/aromatic N) is 1. The standard InChI is InChI=1S/C18H23NO2/c1-19(2)13-16(11-14-7-4-3-5-8-14)18(21)15-9-6-10-17(20)12-15/h3-10,12,16,18,20-21H,11,13H2,1-2H3. The van der Waals surface area contributed by atoms with E-state index in [1.165, 1.54) is 5.56 Å². The van der Waals surface area contributed by atoms with Gasteiger partial charge in [0.1, 0.15) is 5.75 Å². The lowest BCUT2D eigenvalue weighted by Gasteiger charge is -2.26. The molecule has 0 aliphatic rings. The quantitative estimate of drug-likeness (QED) is 0.857. The normalized spacial score (nSPS) is 14.1. The summed E-state index contributed by atoms with van der Waals surface area (Å²) in [7, 11) is 4.01. The predicted octanol–water partition coefficient (Wildman–Crippen LogP) is 2.85. The van der Waals surface area contributed by atoms with Gasteiger partial charge in [-0.3, -0.25) is 0 Å². The fourth-order valence-corrected chi connectivity index (χ4v) is 2.64. The van der Waals surface area contributed by atoms with Gasteiger partial charge in [0.25, 0.3) is 0 Å². The number of benzene rings is 2. The average molecular weight is 285 g/mol. The summed E-state index contributed by atoms with van der Waals surface area (Å²) in [5.41, 5.74) is 1.97. The maximum absolute atomic E-state index is 10.7. The van der Waals surface area contributed by atoms with Crippen molar-refractivity contribution in [3.63, 3.8) is 0 Å². The van der Waals surface area contributed by atoms with Crippen molar-refractivity contribution < 1.29 is 10.2 Å². The van der Waals surface area contributed by atoms with Crippen molar-refractivity contribution in [3.05, 3.63) is 65.7 Å². The number of aliphatic hydroxyl groups excluding tert-OH is 1. The molecule has 0 aliphatic carbocycles. The third-order valence-corrected chi connectivity index (χ3v) is 3.60. The highest BCUT2D eigenvalue weighted by Gasteiger charge is 2.22. The lowest BCUT2D eigenvalue weighted by atomic mass is 9.89. The smallest absolute Gasteiger partial charge is 0.115 e.